The first-order chi connectivity index (χ1) is 12.7. The molecule has 0 aliphatic carbocycles. The van der Waals surface area contributed by atoms with Crippen LogP contribution in [-0.2, 0) is 12.7 Å². The molecule has 0 aliphatic heterocycles. The zero-order valence-electron chi connectivity index (χ0n) is 14.4. The first-order valence-electron chi connectivity index (χ1n) is 7.91. The van der Waals surface area contributed by atoms with Crippen LogP contribution in [0.2, 0.25) is 0 Å². The molecule has 0 saturated carbocycles. The summed E-state index contributed by atoms with van der Waals surface area (Å²) < 4.78 is 54.2. The Morgan fingerprint density at radius 1 is 1.26 bits per heavy atom. The highest BCUT2D eigenvalue weighted by molar-refractivity contribution is 7.12. The fourth-order valence-corrected chi connectivity index (χ4v) is 3.60. The Balaban J connectivity index is 1.83. The fraction of sp³-hybridized carbons (Fsp3) is 0.222. The van der Waals surface area contributed by atoms with E-state index in [0.717, 1.165) is 17.8 Å². The third kappa shape index (κ3) is 3.87. The summed E-state index contributed by atoms with van der Waals surface area (Å²) in [6.07, 6.45) is -3.06. The number of nitrogens with zero attached hydrogens (tertiary/aromatic N) is 2. The van der Waals surface area contributed by atoms with Gasteiger partial charge >= 0.3 is 6.18 Å². The van der Waals surface area contributed by atoms with Gasteiger partial charge < -0.3 is 5.32 Å². The standard InChI is InChI=1S/C18H15F4N3OS/c1-10-7-14(11(2)25(10)17-23-5-6-27-17)16(26)24-9-12-3-4-13(19)8-15(12)18(20,21)22/h3-8H,9H2,1-2H3,(H,24,26). The number of aryl methyl sites for hydroxylation is 1. The van der Waals surface area contributed by atoms with Crippen LogP contribution in [0.1, 0.15) is 32.9 Å². The van der Waals surface area contributed by atoms with Gasteiger partial charge in [-0.25, -0.2) is 9.37 Å². The van der Waals surface area contributed by atoms with Crippen LogP contribution in [0.3, 0.4) is 0 Å². The Bertz CT molecular complexity index is 977. The van der Waals surface area contributed by atoms with Crippen molar-refractivity contribution < 1.29 is 22.4 Å². The quantitative estimate of drug-likeness (QED) is 0.652. The van der Waals surface area contributed by atoms with Crippen LogP contribution in [0.4, 0.5) is 17.6 Å². The molecule has 0 unspecified atom stereocenters. The lowest BCUT2D eigenvalue weighted by atomic mass is 10.1. The van der Waals surface area contributed by atoms with Crippen molar-refractivity contribution in [3.05, 3.63) is 69.7 Å². The van der Waals surface area contributed by atoms with Crippen molar-refractivity contribution in [2.45, 2.75) is 26.6 Å². The lowest BCUT2D eigenvalue weighted by molar-refractivity contribution is -0.138. The molecule has 0 fully saturated rings. The summed E-state index contributed by atoms with van der Waals surface area (Å²) >= 11 is 1.41. The second kappa shape index (κ2) is 7.15. The van der Waals surface area contributed by atoms with Crippen molar-refractivity contribution in [1.82, 2.24) is 14.9 Å². The van der Waals surface area contributed by atoms with Gasteiger partial charge in [-0.1, -0.05) is 6.07 Å². The van der Waals surface area contributed by atoms with E-state index in [9.17, 15) is 22.4 Å². The first kappa shape index (κ1) is 19.1. The van der Waals surface area contributed by atoms with Crippen LogP contribution in [0.5, 0.6) is 0 Å². The van der Waals surface area contributed by atoms with Crippen molar-refractivity contribution in [2.24, 2.45) is 0 Å². The highest BCUT2D eigenvalue weighted by Crippen LogP contribution is 2.32. The monoisotopic (exact) mass is 397 g/mol. The van der Waals surface area contributed by atoms with E-state index in [0.29, 0.717) is 22.5 Å². The van der Waals surface area contributed by atoms with Gasteiger partial charge in [-0.2, -0.15) is 13.2 Å². The highest BCUT2D eigenvalue weighted by atomic mass is 32.1. The van der Waals surface area contributed by atoms with Crippen molar-refractivity contribution in [1.29, 1.82) is 0 Å². The third-order valence-electron chi connectivity index (χ3n) is 4.10. The van der Waals surface area contributed by atoms with Gasteiger partial charge in [0.1, 0.15) is 5.82 Å². The number of benzene rings is 1. The number of amides is 1. The van der Waals surface area contributed by atoms with Crippen LogP contribution in [0, 0.1) is 19.7 Å². The number of halogens is 4. The van der Waals surface area contributed by atoms with Gasteiger partial charge in [0.05, 0.1) is 11.1 Å². The van der Waals surface area contributed by atoms with Crippen LogP contribution >= 0.6 is 11.3 Å². The Hall–Kier alpha value is -2.68. The van der Waals surface area contributed by atoms with Crippen molar-refractivity contribution >= 4 is 17.2 Å². The lowest BCUT2D eigenvalue weighted by Crippen LogP contribution is -2.25. The normalized spacial score (nSPS) is 11.6. The third-order valence-corrected chi connectivity index (χ3v) is 4.86. The average Bonchev–Trinajstić information content (AvgIpc) is 3.20. The molecule has 2 aromatic heterocycles. The maximum Gasteiger partial charge on any atom is 0.416 e. The highest BCUT2D eigenvalue weighted by Gasteiger charge is 2.33. The van der Waals surface area contributed by atoms with Gasteiger partial charge in [0.15, 0.2) is 5.13 Å². The van der Waals surface area contributed by atoms with E-state index in [1.165, 1.54) is 11.3 Å². The Morgan fingerprint density at radius 3 is 2.63 bits per heavy atom. The molecular weight excluding hydrogens is 382 g/mol. The molecule has 0 spiro atoms. The van der Waals surface area contributed by atoms with Gasteiger partial charge in [0.2, 0.25) is 0 Å². The van der Waals surface area contributed by atoms with E-state index in [-0.39, 0.29) is 12.1 Å². The lowest BCUT2D eigenvalue weighted by Gasteiger charge is -2.13. The second-order valence-electron chi connectivity index (χ2n) is 5.92. The van der Waals surface area contributed by atoms with Crippen LogP contribution in [-0.4, -0.2) is 15.5 Å². The van der Waals surface area contributed by atoms with Crippen molar-refractivity contribution in [3.8, 4) is 5.13 Å². The van der Waals surface area contributed by atoms with E-state index in [2.05, 4.69) is 10.3 Å². The summed E-state index contributed by atoms with van der Waals surface area (Å²) in [7, 11) is 0. The molecule has 0 bridgehead atoms. The van der Waals surface area contributed by atoms with Gasteiger partial charge in [-0.3, -0.25) is 9.36 Å². The van der Waals surface area contributed by atoms with Crippen molar-refractivity contribution in [2.75, 3.05) is 0 Å². The molecule has 1 aromatic carbocycles. The molecule has 0 radical (unpaired) electrons. The number of hydrogen-bond acceptors (Lipinski definition) is 3. The molecule has 1 amide bonds. The minimum Gasteiger partial charge on any atom is -0.348 e. The van der Waals surface area contributed by atoms with Crippen LogP contribution in [0.25, 0.3) is 5.13 Å². The van der Waals surface area contributed by atoms with Gasteiger partial charge in [-0.15, -0.1) is 11.3 Å². The van der Waals surface area contributed by atoms with Gasteiger partial charge in [-0.05, 0) is 37.6 Å². The van der Waals surface area contributed by atoms with E-state index < -0.39 is 23.5 Å². The zero-order valence-corrected chi connectivity index (χ0v) is 15.2. The predicted octanol–water partition coefficient (Wildman–Crippen LogP) is 4.64. The molecule has 27 heavy (non-hydrogen) atoms. The molecule has 2 heterocycles. The van der Waals surface area contributed by atoms with Crippen LogP contribution in [0.15, 0.2) is 35.8 Å². The number of rotatable bonds is 4. The molecule has 0 atom stereocenters. The molecule has 3 aromatic rings. The van der Waals surface area contributed by atoms with E-state index >= 15 is 0 Å². The molecule has 0 saturated heterocycles. The number of aromatic nitrogens is 2. The first-order valence-corrected chi connectivity index (χ1v) is 8.79. The number of alkyl halides is 3. The second-order valence-corrected chi connectivity index (χ2v) is 6.79. The fourth-order valence-electron chi connectivity index (χ4n) is 2.85. The maximum absolute atomic E-state index is 13.2. The summed E-state index contributed by atoms with van der Waals surface area (Å²) in [4.78, 5) is 16.7. The average molecular weight is 397 g/mol. The summed E-state index contributed by atoms with van der Waals surface area (Å²) in [6.45, 7) is 3.18. The Kier molecular flexibility index (Phi) is 5.05. The van der Waals surface area contributed by atoms with E-state index in [1.807, 2.05) is 6.92 Å². The number of carbonyl (C=O) groups excluding carboxylic acids is 1. The van der Waals surface area contributed by atoms with Gasteiger partial charge in [0.25, 0.3) is 5.91 Å². The smallest absolute Gasteiger partial charge is 0.348 e. The number of thiazole rings is 1. The minimum atomic E-state index is -4.71. The van der Waals surface area contributed by atoms with E-state index in [4.69, 9.17) is 0 Å². The maximum atomic E-state index is 13.2. The summed E-state index contributed by atoms with van der Waals surface area (Å²) in [6, 6.07) is 4.04. The number of nitrogens with one attached hydrogen (secondary N) is 1. The Labute approximate surface area is 156 Å². The molecule has 4 nitrogen and oxygen atoms in total. The molecular formula is C18H15F4N3OS. The number of hydrogen-bond donors (Lipinski definition) is 1. The molecule has 3 rings (SSSR count). The topological polar surface area (TPSA) is 46.9 Å². The zero-order chi connectivity index (χ0) is 19.8. The summed E-state index contributed by atoms with van der Waals surface area (Å²) in [5.74, 6) is -1.49. The Morgan fingerprint density at radius 2 is 2.00 bits per heavy atom. The summed E-state index contributed by atoms with van der Waals surface area (Å²) in [5, 5.41) is 4.99. The molecule has 9 heteroatoms. The molecule has 0 aliphatic rings. The number of carbonyl (C=O) groups is 1. The minimum absolute atomic E-state index is 0.203. The van der Waals surface area contributed by atoms with E-state index in [1.54, 1.807) is 29.1 Å². The predicted molar refractivity (Wildman–Crippen MR) is 93.5 cm³/mol. The molecule has 142 valence electrons. The SMILES string of the molecule is Cc1cc(C(=O)NCc2ccc(F)cc2C(F)(F)F)c(C)n1-c1nccs1. The van der Waals surface area contributed by atoms with Crippen LogP contribution < -0.4 is 5.32 Å². The van der Waals surface area contributed by atoms with Crippen molar-refractivity contribution in [3.63, 3.8) is 0 Å². The summed E-state index contributed by atoms with van der Waals surface area (Å²) in [5.41, 5.74) is 0.459. The van der Waals surface area contributed by atoms with Gasteiger partial charge in [0, 0.05) is 29.5 Å². The largest absolute Gasteiger partial charge is 0.416 e. The molecule has 1 N–H and O–H groups in total.